The largest absolute Gasteiger partial charge is 0.416 e. The fraction of sp³-hybridized carbons (Fsp3) is 0.238. The van der Waals surface area contributed by atoms with E-state index < -0.39 is 16.7 Å². The molecule has 10 heteroatoms. The van der Waals surface area contributed by atoms with Crippen LogP contribution in [0.1, 0.15) is 15.9 Å². The molecule has 2 aromatic carbocycles. The van der Waals surface area contributed by atoms with Gasteiger partial charge in [0.25, 0.3) is 11.6 Å². The number of nitro benzene ring substituents is 1. The van der Waals surface area contributed by atoms with Gasteiger partial charge in [0.15, 0.2) is 0 Å². The lowest BCUT2D eigenvalue weighted by Gasteiger charge is -2.36. The van der Waals surface area contributed by atoms with Gasteiger partial charge in [0.05, 0.1) is 16.0 Å². The van der Waals surface area contributed by atoms with Crippen molar-refractivity contribution in [1.82, 2.24) is 9.88 Å². The maximum Gasteiger partial charge on any atom is 0.416 e. The fourth-order valence-electron chi connectivity index (χ4n) is 3.64. The summed E-state index contributed by atoms with van der Waals surface area (Å²) in [5, 5.41) is 11.4. The van der Waals surface area contributed by atoms with Crippen LogP contribution in [0.5, 0.6) is 0 Å². The Labute approximate surface area is 174 Å². The van der Waals surface area contributed by atoms with Gasteiger partial charge >= 0.3 is 6.18 Å². The molecule has 0 aliphatic carbocycles. The lowest BCUT2D eigenvalue weighted by Crippen LogP contribution is -2.48. The van der Waals surface area contributed by atoms with Crippen LogP contribution in [0.25, 0.3) is 10.9 Å². The summed E-state index contributed by atoms with van der Waals surface area (Å²) in [5.74, 6) is -0.219. The Balaban J connectivity index is 1.49. The topological polar surface area (TPSA) is 79.6 Å². The molecule has 160 valence electrons. The summed E-state index contributed by atoms with van der Waals surface area (Å²) < 4.78 is 38.9. The minimum Gasteiger partial charge on any atom is -0.367 e. The maximum absolute atomic E-state index is 13.0. The number of carbonyl (C=O) groups excluding carboxylic acids is 1. The summed E-state index contributed by atoms with van der Waals surface area (Å²) in [4.78, 5) is 30.7. The number of non-ortho nitro benzene ring substituents is 1. The molecule has 1 saturated heterocycles. The van der Waals surface area contributed by atoms with E-state index in [-0.39, 0.29) is 17.1 Å². The highest BCUT2D eigenvalue weighted by Crippen LogP contribution is 2.33. The number of amides is 1. The number of aromatic nitrogens is 1. The van der Waals surface area contributed by atoms with E-state index in [9.17, 15) is 28.1 Å². The van der Waals surface area contributed by atoms with Crippen LogP contribution in [0.2, 0.25) is 0 Å². The molecule has 1 aliphatic heterocycles. The van der Waals surface area contributed by atoms with Gasteiger partial charge in [0.2, 0.25) is 0 Å². The van der Waals surface area contributed by atoms with Crippen LogP contribution in [0, 0.1) is 10.1 Å². The van der Waals surface area contributed by atoms with E-state index in [1.165, 1.54) is 36.5 Å². The van der Waals surface area contributed by atoms with Crippen LogP contribution >= 0.6 is 0 Å². The summed E-state index contributed by atoms with van der Waals surface area (Å²) in [6, 6.07) is 10.7. The minimum atomic E-state index is -4.43. The van der Waals surface area contributed by atoms with Gasteiger partial charge < -0.3 is 9.80 Å². The van der Waals surface area contributed by atoms with Gasteiger partial charge in [-0.3, -0.25) is 19.9 Å². The second-order valence-electron chi connectivity index (χ2n) is 7.14. The lowest BCUT2D eigenvalue weighted by atomic mass is 10.1. The number of nitrogens with zero attached hydrogens (tertiary/aromatic N) is 4. The SMILES string of the molecule is O=C(c1ccc([N+](=O)[O-])cc1)N1CCN(c2ccnc3cc(C(F)(F)F)ccc23)CC1. The number of hydrogen-bond acceptors (Lipinski definition) is 5. The molecule has 0 saturated carbocycles. The van der Waals surface area contributed by atoms with E-state index in [0.717, 1.165) is 17.8 Å². The Morgan fingerprint density at radius 3 is 2.29 bits per heavy atom. The van der Waals surface area contributed by atoms with Gasteiger partial charge in [-0.2, -0.15) is 13.2 Å². The second-order valence-corrected chi connectivity index (χ2v) is 7.14. The molecule has 7 nitrogen and oxygen atoms in total. The van der Waals surface area contributed by atoms with Crippen molar-refractivity contribution in [2.24, 2.45) is 0 Å². The molecule has 31 heavy (non-hydrogen) atoms. The molecule has 0 atom stereocenters. The molecule has 1 aliphatic rings. The van der Waals surface area contributed by atoms with Crippen LogP contribution in [0.3, 0.4) is 0 Å². The Morgan fingerprint density at radius 1 is 1.00 bits per heavy atom. The summed E-state index contributed by atoms with van der Waals surface area (Å²) in [6.45, 7) is 1.83. The minimum absolute atomic E-state index is 0.0837. The number of alkyl halides is 3. The van der Waals surface area contributed by atoms with Gasteiger partial charge in [0.1, 0.15) is 0 Å². The highest BCUT2D eigenvalue weighted by molar-refractivity contribution is 5.95. The standard InChI is InChI=1S/C21H17F3N4O3/c22-21(23,24)15-3-6-17-18(13-15)25-8-7-19(17)26-9-11-27(12-10-26)20(29)14-1-4-16(5-2-14)28(30)31/h1-8,13H,9-12H2. The van der Waals surface area contributed by atoms with Crippen LogP contribution in [-0.4, -0.2) is 46.9 Å². The van der Waals surface area contributed by atoms with Crippen LogP contribution < -0.4 is 4.90 Å². The predicted molar refractivity (Wildman–Crippen MR) is 108 cm³/mol. The van der Waals surface area contributed by atoms with E-state index in [1.54, 1.807) is 11.0 Å². The molecular weight excluding hydrogens is 413 g/mol. The predicted octanol–water partition coefficient (Wildman–Crippen LogP) is 4.12. The Hall–Kier alpha value is -3.69. The van der Waals surface area contributed by atoms with Crippen LogP contribution in [0.15, 0.2) is 54.7 Å². The smallest absolute Gasteiger partial charge is 0.367 e. The number of carbonyl (C=O) groups is 1. The van der Waals surface area contributed by atoms with Crippen molar-refractivity contribution < 1.29 is 22.9 Å². The number of hydrogen-bond donors (Lipinski definition) is 0. The first-order chi connectivity index (χ1) is 14.7. The molecule has 0 bridgehead atoms. The van der Waals surface area contributed by atoms with Crippen LogP contribution in [0.4, 0.5) is 24.5 Å². The fourth-order valence-corrected chi connectivity index (χ4v) is 3.64. The van der Waals surface area contributed by atoms with Gasteiger partial charge in [-0.05, 0) is 30.3 Å². The Bertz CT molecular complexity index is 1140. The van der Waals surface area contributed by atoms with Crippen molar-refractivity contribution in [1.29, 1.82) is 0 Å². The summed E-state index contributed by atoms with van der Waals surface area (Å²) in [6.07, 6.45) is -2.96. The average Bonchev–Trinajstić information content (AvgIpc) is 2.77. The normalized spacial score (nSPS) is 14.7. The number of fused-ring (bicyclic) bond motifs is 1. The number of piperazine rings is 1. The molecule has 4 rings (SSSR count). The number of halogens is 3. The summed E-state index contributed by atoms with van der Waals surface area (Å²) in [5.41, 5.74) is 0.564. The molecule has 0 unspecified atom stereocenters. The number of anilines is 1. The zero-order valence-corrected chi connectivity index (χ0v) is 16.2. The van der Waals surface area contributed by atoms with E-state index in [4.69, 9.17) is 0 Å². The van der Waals surface area contributed by atoms with E-state index in [1.807, 2.05) is 4.90 Å². The molecule has 1 aromatic heterocycles. The molecule has 2 heterocycles. The van der Waals surface area contributed by atoms with Gasteiger partial charge in [-0.1, -0.05) is 6.07 Å². The van der Waals surface area contributed by atoms with E-state index >= 15 is 0 Å². The second kappa shape index (κ2) is 7.86. The van der Waals surface area contributed by atoms with Gasteiger partial charge in [-0.25, -0.2) is 0 Å². The van der Waals surface area contributed by atoms with Crippen molar-refractivity contribution >= 4 is 28.2 Å². The maximum atomic E-state index is 13.0. The molecular formula is C21H17F3N4O3. The van der Waals surface area contributed by atoms with Gasteiger partial charge in [0, 0.05) is 61.1 Å². The first-order valence-electron chi connectivity index (χ1n) is 9.49. The Kier molecular flexibility index (Phi) is 5.22. The quantitative estimate of drug-likeness (QED) is 0.461. The van der Waals surface area contributed by atoms with Crippen LogP contribution in [-0.2, 0) is 6.18 Å². The summed E-state index contributed by atoms with van der Waals surface area (Å²) in [7, 11) is 0. The third-order valence-electron chi connectivity index (χ3n) is 5.28. The van der Waals surface area contributed by atoms with Gasteiger partial charge in [-0.15, -0.1) is 0 Å². The van der Waals surface area contributed by atoms with Crippen molar-refractivity contribution in [3.63, 3.8) is 0 Å². The molecule has 0 radical (unpaired) electrons. The molecule has 0 spiro atoms. The van der Waals surface area contributed by atoms with Crippen molar-refractivity contribution in [3.05, 3.63) is 76.0 Å². The van der Waals surface area contributed by atoms with E-state index in [2.05, 4.69) is 4.98 Å². The molecule has 1 amide bonds. The summed E-state index contributed by atoms with van der Waals surface area (Å²) >= 11 is 0. The Morgan fingerprint density at radius 2 is 1.68 bits per heavy atom. The van der Waals surface area contributed by atoms with Crippen molar-refractivity contribution in [3.8, 4) is 0 Å². The highest BCUT2D eigenvalue weighted by atomic mass is 19.4. The number of rotatable bonds is 3. The monoisotopic (exact) mass is 430 g/mol. The van der Waals surface area contributed by atoms with E-state index in [0.29, 0.717) is 37.1 Å². The number of benzene rings is 2. The number of pyridine rings is 1. The molecule has 1 fully saturated rings. The zero-order chi connectivity index (χ0) is 22.2. The van der Waals surface area contributed by atoms with Crippen molar-refractivity contribution in [2.45, 2.75) is 6.18 Å². The number of nitro groups is 1. The first kappa shape index (κ1) is 20.6. The average molecular weight is 430 g/mol. The third kappa shape index (κ3) is 4.14. The molecule has 3 aromatic rings. The third-order valence-corrected chi connectivity index (χ3v) is 5.28. The van der Waals surface area contributed by atoms with Crippen molar-refractivity contribution in [2.75, 3.05) is 31.1 Å². The molecule has 0 N–H and O–H groups in total. The lowest BCUT2D eigenvalue weighted by molar-refractivity contribution is -0.384. The first-order valence-corrected chi connectivity index (χ1v) is 9.49. The highest BCUT2D eigenvalue weighted by Gasteiger charge is 2.31. The zero-order valence-electron chi connectivity index (χ0n) is 16.2.